The molecule has 0 saturated carbocycles. The normalized spacial score (nSPS) is 10.8. The van der Waals surface area contributed by atoms with Gasteiger partial charge in [0.25, 0.3) is 5.91 Å². The van der Waals surface area contributed by atoms with Crippen molar-refractivity contribution in [3.63, 3.8) is 0 Å². The van der Waals surface area contributed by atoms with E-state index in [0.717, 1.165) is 17.1 Å². The SMILES string of the molecule is COc1cccc(Nc2ccc(C(=O)N(C(C)C)C(C)C)cc2)c1. The first kappa shape index (κ1) is 17.9. The highest BCUT2D eigenvalue weighted by molar-refractivity contribution is 5.95. The molecule has 0 aliphatic rings. The molecule has 0 aromatic heterocycles. The molecule has 2 aromatic carbocycles. The van der Waals surface area contributed by atoms with Crippen LogP contribution in [0, 0.1) is 0 Å². The van der Waals surface area contributed by atoms with Crippen LogP contribution in [0.3, 0.4) is 0 Å². The van der Waals surface area contributed by atoms with Crippen LogP contribution >= 0.6 is 0 Å². The highest BCUT2D eigenvalue weighted by Gasteiger charge is 2.21. The molecule has 24 heavy (non-hydrogen) atoms. The maximum absolute atomic E-state index is 12.7. The quantitative estimate of drug-likeness (QED) is 0.836. The molecule has 0 spiro atoms. The summed E-state index contributed by atoms with van der Waals surface area (Å²) in [6.07, 6.45) is 0. The Labute approximate surface area is 144 Å². The van der Waals surface area contributed by atoms with Gasteiger partial charge in [0.05, 0.1) is 7.11 Å². The molecule has 2 aromatic rings. The molecule has 0 saturated heterocycles. The first-order valence-corrected chi connectivity index (χ1v) is 8.26. The summed E-state index contributed by atoms with van der Waals surface area (Å²) in [6, 6.07) is 15.7. The number of carbonyl (C=O) groups is 1. The van der Waals surface area contributed by atoms with Gasteiger partial charge in [-0.2, -0.15) is 0 Å². The van der Waals surface area contributed by atoms with E-state index < -0.39 is 0 Å². The number of benzene rings is 2. The summed E-state index contributed by atoms with van der Waals surface area (Å²) in [4.78, 5) is 14.6. The van der Waals surface area contributed by atoms with E-state index in [-0.39, 0.29) is 18.0 Å². The van der Waals surface area contributed by atoms with Gasteiger partial charge in [0.2, 0.25) is 0 Å². The van der Waals surface area contributed by atoms with Gasteiger partial charge in [-0.1, -0.05) is 6.07 Å². The predicted molar refractivity (Wildman–Crippen MR) is 99.2 cm³/mol. The molecule has 0 aliphatic heterocycles. The van der Waals surface area contributed by atoms with Crippen molar-refractivity contribution in [1.82, 2.24) is 4.90 Å². The average Bonchev–Trinajstić information content (AvgIpc) is 2.55. The second-order valence-electron chi connectivity index (χ2n) is 6.33. The molecule has 0 radical (unpaired) electrons. The number of nitrogens with one attached hydrogen (secondary N) is 1. The summed E-state index contributed by atoms with van der Waals surface area (Å²) in [7, 11) is 1.65. The first-order chi connectivity index (χ1) is 11.4. The smallest absolute Gasteiger partial charge is 0.254 e. The average molecular weight is 326 g/mol. The number of anilines is 2. The Morgan fingerprint density at radius 2 is 1.58 bits per heavy atom. The Morgan fingerprint density at radius 3 is 2.12 bits per heavy atom. The van der Waals surface area contributed by atoms with Crippen molar-refractivity contribution < 1.29 is 9.53 Å². The van der Waals surface area contributed by atoms with Crippen LogP contribution < -0.4 is 10.1 Å². The Bertz CT molecular complexity index is 670. The van der Waals surface area contributed by atoms with Crippen LogP contribution in [0.1, 0.15) is 38.1 Å². The topological polar surface area (TPSA) is 41.6 Å². The van der Waals surface area contributed by atoms with Gasteiger partial charge in [-0.3, -0.25) is 4.79 Å². The summed E-state index contributed by atoms with van der Waals surface area (Å²) >= 11 is 0. The molecule has 0 unspecified atom stereocenters. The van der Waals surface area contributed by atoms with E-state index in [9.17, 15) is 4.79 Å². The van der Waals surface area contributed by atoms with Crippen LogP contribution in [-0.2, 0) is 0 Å². The molecule has 0 heterocycles. The minimum atomic E-state index is 0.0629. The molecular weight excluding hydrogens is 300 g/mol. The minimum Gasteiger partial charge on any atom is -0.497 e. The van der Waals surface area contributed by atoms with Crippen molar-refractivity contribution in [2.75, 3.05) is 12.4 Å². The standard InChI is InChI=1S/C20H26N2O2/c1-14(2)22(15(3)4)20(23)16-9-11-17(12-10-16)21-18-7-6-8-19(13-18)24-5/h6-15,21H,1-5H3. The van der Waals surface area contributed by atoms with E-state index in [1.54, 1.807) is 7.11 Å². The van der Waals surface area contributed by atoms with Crippen LogP contribution in [-0.4, -0.2) is 30.0 Å². The Morgan fingerprint density at radius 1 is 0.958 bits per heavy atom. The van der Waals surface area contributed by atoms with Gasteiger partial charge in [-0.15, -0.1) is 0 Å². The second-order valence-corrected chi connectivity index (χ2v) is 6.33. The van der Waals surface area contributed by atoms with Crippen LogP contribution in [0.2, 0.25) is 0 Å². The molecule has 128 valence electrons. The molecule has 4 nitrogen and oxygen atoms in total. The summed E-state index contributed by atoms with van der Waals surface area (Å²) in [6.45, 7) is 8.15. The van der Waals surface area contributed by atoms with Crippen molar-refractivity contribution in [2.45, 2.75) is 39.8 Å². The third-order valence-electron chi connectivity index (χ3n) is 3.84. The van der Waals surface area contributed by atoms with Crippen molar-refractivity contribution >= 4 is 17.3 Å². The van der Waals surface area contributed by atoms with E-state index in [4.69, 9.17) is 4.74 Å². The fourth-order valence-electron chi connectivity index (χ4n) is 2.78. The van der Waals surface area contributed by atoms with Gasteiger partial charge in [0.1, 0.15) is 5.75 Å². The minimum absolute atomic E-state index is 0.0629. The molecule has 0 atom stereocenters. The summed E-state index contributed by atoms with van der Waals surface area (Å²) in [5.41, 5.74) is 2.58. The van der Waals surface area contributed by atoms with Crippen molar-refractivity contribution in [3.8, 4) is 5.75 Å². The number of nitrogens with zero attached hydrogens (tertiary/aromatic N) is 1. The zero-order valence-electron chi connectivity index (χ0n) is 15.0. The van der Waals surface area contributed by atoms with Gasteiger partial charge in [-0.25, -0.2) is 0 Å². The van der Waals surface area contributed by atoms with Crippen molar-refractivity contribution in [2.24, 2.45) is 0 Å². The number of amides is 1. The van der Waals surface area contributed by atoms with Gasteiger partial charge in [0, 0.05) is 35.1 Å². The number of carbonyl (C=O) groups excluding carboxylic acids is 1. The van der Waals surface area contributed by atoms with E-state index in [1.807, 2.05) is 81.1 Å². The molecule has 0 bridgehead atoms. The van der Waals surface area contributed by atoms with E-state index in [1.165, 1.54) is 0 Å². The Kier molecular flexibility index (Phi) is 5.85. The molecular formula is C20H26N2O2. The summed E-state index contributed by atoms with van der Waals surface area (Å²) < 4.78 is 5.22. The Hall–Kier alpha value is -2.49. The van der Waals surface area contributed by atoms with Crippen molar-refractivity contribution in [3.05, 3.63) is 54.1 Å². The lowest BCUT2D eigenvalue weighted by molar-refractivity contribution is 0.0644. The van der Waals surface area contributed by atoms with Crippen LogP contribution in [0.15, 0.2) is 48.5 Å². The lowest BCUT2D eigenvalue weighted by Crippen LogP contribution is -2.42. The molecule has 0 aliphatic carbocycles. The number of methoxy groups -OCH3 is 1. The Balaban J connectivity index is 2.13. The highest BCUT2D eigenvalue weighted by Crippen LogP contribution is 2.22. The van der Waals surface area contributed by atoms with E-state index >= 15 is 0 Å². The van der Waals surface area contributed by atoms with E-state index in [0.29, 0.717) is 5.56 Å². The summed E-state index contributed by atoms with van der Waals surface area (Å²) in [5.74, 6) is 0.865. The molecule has 0 fully saturated rings. The number of ether oxygens (including phenoxy) is 1. The lowest BCUT2D eigenvalue weighted by Gasteiger charge is -2.30. The number of hydrogen-bond donors (Lipinski definition) is 1. The zero-order valence-corrected chi connectivity index (χ0v) is 15.0. The van der Waals surface area contributed by atoms with Crippen LogP contribution in [0.25, 0.3) is 0 Å². The third-order valence-corrected chi connectivity index (χ3v) is 3.84. The predicted octanol–water partition coefficient (Wildman–Crippen LogP) is 4.70. The van der Waals surface area contributed by atoms with Crippen LogP contribution in [0.5, 0.6) is 5.75 Å². The molecule has 1 N–H and O–H groups in total. The number of hydrogen-bond acceptors (Lipinski definition) is 3. The largest absolute Gasteiger partial charge is 0.497 e. The van der Waals surface area contributed by atoms with Gasteiger partial charge in [-0.05, 0) is 64.1 Å². The second kappa shape index (κ2) is 7.86. The zero-order chi connectivity index (χ0) is 17.7. The summed E-state index contributed by atoms with van der Waals surface area (Å²) in [5, 5.41) is 3.31. The van der Waals surface area contributed by atoms with Gasteiger partial charge < -0.3 is 15.0 Å². The van der Waals surface area contributed by atoms with E-state index in [2.05, 4.69) is 5.32 Å². The maximum Gasteiger partial charge on any atom is 0.254 e. The fraction of sp³-hybridized carbons (Fsp3) is 0.350. The maximum atomic E-state index is 12.7. The molecule has 1 amide bonds. The third kappa shape index (κ3) is 4.28. The lowest BCUT2D eigenvalue weighted by atomic mass is 10.1. The monoisotopic (exact) mass is 326 g/mol. The first-order valence-electron chi connectivity index (χ1n) is 8.26. The van der Waals surface area contributed by atoms with Gasteiger partial charge in [0.15, 0.2) is 0 Å². The van der Waals surface area contributed by atoms with Crippen LogP contribution in [0.4, 0.5) is 11.4 Å². The molecule has 2 rings (SSSR count). The fourth-order valence-corrected chi connectivity index (χ4v) is 2.78. The highest BCUT2D eigenvalue weighted by atomic mass is 16.5. The molecule has 4 heteroatoms. The number of rotatable bonds is 6. The van der Waals surface area contributed by atoms with Crippen molar-refractivity contribution in [1.29, 1.82) is 0 Å². The van der Waals surface area contributed by atoms with Gasteiger partial charge >= 0.3 is 0 Å².